The number of Topliss-reactive ketones (excluding diaryl/α,β-unsaturated/α-hetero) is 1. The molecule has 0 bridgehead atoms. The van der Waals surface area contributed by atoms with Gasteiger partial charge in [0, 0.05) is 20.8 Å². The molecule has 0 saturated heterocycles. The minimum atomic E-state index is -0.562. The van der Waals surface area contributed by atoms with Crippen LogP contribution in [0.2, 0.25) is 0 Å². The predicted molar refractivity (Wildman–Crippen MR) is 122 cm³/mol. The predicted octanol–water partition coefficient (Wildman–Crippen LogP) is 5.47. The van der Waals surface area contributed by atoms with Gasteiger partial charge in [0.05, 0.1) is 17.1 Å². The van der Waals surface area contributed by atoms with Crippen molar-refractivity contribution in [2.75, 3.05) is 10.9 Å². The number of rotatable bonds is 4. The average molecular weight is 505 g/mol. The van der Waals surface area contributed by atoms with Crippen LogP contribution in [0.3, 0.4) is 0 Å². The zero-order valence-electron chi connectivity index (χ0n) is 15.4. The van der Waals surface area contributed by atoms with Crippen molar-refractivity contribution in [3.63, 3.8) is 0 Å². The van der Waals surface area contributed by atoms with Gasteiger partial charge in [0.15, 0.2) is 11.5 Å². The maximum Gasteiger partial charge on any atom is 0.186 e. The van der Waals surface area contributed by atoms with Gasteiger partial charge in [-0.15, -0.1) is 0 Å². The molecule has 0 atom stereocenters. The van der Waals surface area contributed by atoms with Crippen LogP contribution in [0.1, 0.15) is 20.3 Å². The lowest BCUT2D eigenvalue weighted by Gasteiger charge is -2.31. The fourth-order valence-corrected chi connectivity index (χ4v) is 3.30. The van der Waals surface area contributed by atoms with E-state index in [-0.39, 0.29) is 23.6 Å². The van der Waals surface area contributed by atoms with Crippen molar-refractivity contribution >= 4 is 66.2 Å². The van der Waals surface area contributed by atoms with Crippen molar-refractivity contribution in [3.05, 3.63) is 57.5 Å². The second-order valence-electron chi connectivity index (χ2n) is 7.02. The van der Waals surface area contributed by atoms with Crippen LogP contribution in [0.15, 0.2) is 67.7 Å². The topological polar surface area (TPSA) is 89.7 Å². The summed E-state index contributed by atoms with van der Waals surface area (Å²) in [5.41, 5.74) is 7.39. The van der Waals surface area contributed by atoms with Crippen LogP contribution in [0, 0.1) is 10.8 Å². The van der Waals surface area contributed by atoms with Gasteiger partial charge < -0.3 is 0 Å². The van der Waals surface area contributed by atoms with Crippen LogP contribution in [-0.2, 0) is 4.79 Å². The Morgan fingerprint density at radius 2 is 1.36 bits per heavy atom. The Kier molecular flexibility index (Phi) is 6.10. The van der Waals surface area contributed by atoms with E-state index in [2.05, 4.69) is 52.9 Å². The average Bonchev–Trinajstić information content (AvgIpc) is 2.63. The number of nitrogens with one attached hydrogen (secondary N) is 3. The highest BCUT2D eigenvalue weighted by Gasteiger charge is 2.41. The van der Waals surface area contributed by atoms with E-state index in [1.807, 2.05) is 62.4 Å². The van der Waals surface area contributed by atoms with Crippen LogP contribution in [-0.4, -0.2) is 22.9 Å². The van der Waals surface area contributed by atoms with Crippen molar-refractivity contribution in [1.82, 2.24) is 0 Å². The Morgan fingerprint density at radius 1 is 0.893 bits per heavy atom. The monoisotopic (exact) mass is 503 g/mol. The van der Waals surface area contributed by atoms with Gasteiger partial charge in [0.1, 0.15) is 5.71 Å². The minimum Gasteiger partial charge on any atom is -0.297 e. The molecule has 28 heavy (non-hydrogen) atoms. The molecule has 0 amide bonds. The molecule has 3 N–H and O–H groups in total. The Labute approximate surface area is 180 Å². The van der Waals surface area contributed by atoms with Crippen LogP contribution in [0.25, 0.3) is 0 Å². The van der Waals surface area contributed by atoms with Gasteiger partial charge in [-0.05, 0) is 48.5 Å². The molecule has 0 unspecified atom stereocenters. The standard InChI is InChI=1S/C20H19Br2N5O/c1-20(2)11-16(28)18(26-24-14-7-3-12(21)4-8-14)17(23)19(20)27-25-15-9-5-13(22)6-10-15/h3-10,23-25H,11H2,1-2H3/b23-17?,26-18+,27-19+. The first-order chi connectivity index (χ1) is 13.3. The van der Waals surface area contributed by atoms with Crippen molar-refractivity contribution in [1.29, 1.82) is 5.41 Å². The summed E-state index contributed by atoms with van der Waals surface area (Å²) in [6, 6.07) is 15.0. The SMILES string of the molecule is CC1(C)CC(=O)/C(=N\Nc2ccc(Br)cc2)C(=N)/C1=N\Nc1ccc(Br)cc1. The number of ketones is 1. The highest BCUT2D eigenvalue weighted by Crippen LogP contribution is 2.29. The van der Waals surface area contributed by atoms with E-state index in [9.17, 15) is 4.79 Å². The normalized spacial score (nSPS) is 19.1. The zero-order valence-corrected chi connectivity index (χ0v) is 18.6. The quantitative estimate of drug-likeness (QED) is 0.482. The van der Waals surface area contributed by atoms with Gasteiger partial charge in [0.25, 0.3) is 0 Å². The van der Waals surface area contributed by atoms with Crippen molar-refractivity contribution in [2.45, 2.75) is 20.3 Å². The molecule has 0 heterocycles. The molecular formula is C20H19Br2N5O. The van der Waals surface area contributed by atoms with E-state index in [0.29, 0.717) is 5.71 Å². The molecule has 8 heteroatoms. The van der Waals surface area contributed by atoms with E-state index in [4.69, 9.17) is 5.41 Å². The molecule has 2 aromatic carbocycles. The van der Waals surface area contributed by atoms with Crippen LogP contribution >= 0.6 is 31.9 Å². The van der Waals surface area contributed by atoms with Gasteiger partial charge in [-0.1, -0.05) is 45.7 Å². The molecule has 0 aliphatic heterocycles. The summed E-state index contributed by atoms with van der Waals surface area (Å²) in [5, 5.41) is 17.1. The molecule has 1 aliphatic carbocycles. The maximum absolute atomic E-state index is 12.6. The first kappa shape index (κ1) is 20.4. The Balaban J connectivity index is 1.84. The number of carbonyl (C=O) groups is 1. The Morgan fingerprint density at radius 3 is 1.86 bits per heavy atom. The fourth-order valence-electron chi connectivity index (χ4n) is 2.77. The van der Waals surface area contributed by atoms with E-state index in [1.165, 1.54) is 0 Å². The number of hydrogen-bond acceptors (Lipinski definition) is 6. The molecule has 1 aliphatic rings. The zero-order chi connectivity index (χ0) is 20.3. The molecule has 0 radical (unpaired) electrons. The molecule has 1 fully saturated rings. The number of carbonyl (C=O) groups excluding carboxylic acids is 1. The fraction of sp³-hybridized carbons (Fsp3) is 0.200. The third-order valence-corrected chi connectivity index (χ3v) is 5.32. The third kappa shape index (κ3) is 4.74. The van der Waals surface area contributed by atoms with Gasteiger partial charge in [-0.2, -0.15) is 10.2 Å². The summed E-state index contributed by atoms with van der Waals surface area (Å²) < 4.78 is 1.91. The summed E-state index contributed by atoms with van der Waals surface area (Å²) in [4.78, 5) is 12.6. The van der Waals surface area contributed by atoms with Gasteiger partial charge in [0.2, 0.25) is 0 Å². The summed E-state index contributed by atoms with van der Waals surface area (Å²) in [6.45, 7) is 3.81. The smallest absolute Gasteiger partial charge is 0.186 e. The maximum atomic E-state index is 12.6. The van der Waals surface area contributed by atoms with Gasteiger partial charge in [-0.25, -0.2) is 0 Å². The second kappa shape index (κ2) is 8.36. The minimum absolute atomic E-state index is 0.0236. The number of nitrogens with zero attached hydrogens (tertiary/aromatic N) is 2. The summed E-state index contributed by atoms with van der Waals surface area (Å²) in [5.74, 6) is -0.179. The lowest BCUT2D eigenvalue weighted by atomic mass is 9.73. The second-order valence-corrected chi connectivity index (χ2v) is 8.85. The molecule has 2 aromatic rings. The van der Waals surface area contributed by atoms with E-state index >= 15 is 0 Å². The first-order valence-electron chi connectivity index (χ1n) is 8.58. The van der Waals surface area contributed by atoms with E-state index in [0.717, 1.165) is 20.3 Å². The molecule has 144 valence electrons. The van der Waals surface area contributed by atoms with Crippen LogP contribution in [0.5, 0.6) is 0 Å². The first-order valence-corrected chi connectivity index (χ1v) is 10.2. The van der Waals surface area contributed by atoms with Gasteiger partial charge in [-0.3, -0.25) is 21.1 Å². The number of benzene rings is 2. The third-order valence-electron chi connectivity index (χ3n) is 4.26. The highest BCUT2D eigenvalue weighted by atomic mass is 79.9. The number of hydrogen-bond donors (Lipinski definition) is 3. The lowest BCUT2D eigenvalue weighted by molar-refractivity contribution is -0.114. The van der Waals surface area contributed by atoms with Gasteiger partial charge >= 0.3 is 0 Å². The molecule has 0 spiro atoms. The molecule has 6 nitrogen and oxygen atoms in total. The molecule has 1 saturated carbocycles. The Bertz CT molecular complexity index is 963. The van der Waals surface area contributed by atoms with E-state index in [1.54, 1.807) is 0 Å². The lowest BCUT2D eigenvalue weighted by Crippen LogP contribution is -2.47. The van der Waals surface area contributed by atoms with Crippen molar-refractivity contribution in [3.8, 4) is 0 Å². The highest BCUT2D eigenvalue weighted by molar-refractivity contribution is 9.10. The largest absolute Gasteiger partial charge is 0.297 e. The van der Waals surface area contributed by atoms with Crippen molar-refractivity contribution < 1.29 is 4.79 Å². The van der Waals surface area contributed by atoms with Crippen molar-refractivity contribution in [2.24, 2.45) is 15.6 Å². The number of hydrazone groups is 2. The summed E-state index contributed by atoms with van der Waals surface area (Å²) >= 11 is 6.77. The molecular weight excluding hydrogens is 486 g/mol. The van der Waals surface area contributed by atoms with Crippen LogP contribution < -0.4 is 10.9 Å². The number of anilines is 2. The number of halogens is 2. The Hall–Kier alpha value is -2.32. The van der Waals surface area contributed by atoms with Crippen LogP contribution in [0.4, 0.5) is 11.4 Å². The molecule has 0 aromatic heterocycles. The molecule has 3 rings (SSSR count). The summed E-state index contributed by atoms with van der Waals surface area (Å²) in [7, 11) is 0. The van der Waals surface area contributed by atoms with E-state index < -0.39 is 5.41 Å². The summed E-state index contributed by atoms with van der Waals surface area (Å²) in [6.07, 6.45) is 0.233.